The molecule has 0 amide bonds. The minimum absolute atomic E-state index is 0.0979. The average molecular weight is 287 g/mol. The van der Waals surface area contributed by atoms with Gasteiger partial charge in [-0.1, -0.05) is 26.8 Å². The van der Waals surface area contributed by atoms with Crippen molar-refractivity contribution in [1.29, 1.82) is 0 Å². The lowest BCUT2D eigenvalue weighted by Gasteiger charge is -2.18. The second-order valence-electron chi connectivity index (χ2n) is 5.78. The number of rotatable bonds is 2. The number of hydrogen-bond donors (Lipinski definition) is 1. The summed E-state index contributed by atoms with van der Waals surface area (Å²) in [7, 11) is 0. The van der Waals surface area contributed by atoms with Crippen LogP contribution in [0.5, 0.6) is 0 Å². The molecule has 2 N–H and O–H groups in total. The van der Waals surface area contributed by atoms with Gasteiger partial charge in [-0.3, -0.25) is 0 Å². The van der Waals surface area contributed by atoms with Crippen molar-refractivity contribution in [2.75, 3.05) is 0 Å². The van der Waals surface area contributed by atoms with Crippen LogP contribution in [0.1, 0.15) is 31.3 Å². The minimum atomic E-state index is 0.0979. The molecule has 0 unspecified atom stereocenters. The van der Waals surface area contributed by atoms with Gasteiger partial charge in [0.05, 0.1) is 0 Å². The van der Waals surface area contributed by atoms with Crippen LogP contribution in [0.4, 0.5) is 0 Å². The highest BCUT2D eigenvalue weighted by Crippen LogP contribution is 2.29. The van der Waals surface area contributed by atoms with E-state index in [9.17, 15) is 0 Å². The van der Waals surface area contributed by atoms with Crippen LogP contribution in [0.25, 0.3) is 22.7 Å². The zero-order chi connectivity index (χ0) is 14.3. The molecule has 0 atom stereocenters. The monoisotopic (exact) mass is 287 g/mol. The minimum Gasteiger partial charge on any atom is -0.435 e. The molecule has 0 saturated carbocycles. The van der Waals surface area contributed by atoms with Gasteiger partial charge in [-0.2, -0.15) is 0 Å². The van der Waals surface area contributed by atoms with Crippen molar-refractivity contribution in [2.24, 2.45) is 5.73 Å². The fraction of sp³-hybridized carbons (Fsp3) is 0.333. The molecule has 0 spiro atoms. The van der Waals surface area contributed by atoms with Crippen molar-refractivity contribution in [3.8, 4) is 11.6 Å². The lowest BCUT2D eigenvalue weighted by atomic mass is 9.87. The lowest BCUT2D eigenvalue weighted by molar-refractivity contribution is 0.590. The Labute approximate surface area is 121 Å². The van der Waals surface area contributed by atoms with Gasteiger partial charge >= 0.3 is 0 Å². The van der Waals surface area contributed by atoms with E-state index in [1.807, 2.05) is 11.4 Å². The highest BCUT2D eigenvalue weighted by atomic mass is 32.1. The van der Waals surface area contributed by atoms with Gasteiger partial charge in [0.15, 0.2) is 5.58 Å². The second-order valence-corrected chi connectivity index (χ2v) is 6.72. The molecule has 20 heavy (non-hydrogen) atoms. The SMILES string of the molecule is CC(C)(C)c1ccc2oc(-c3csc(CN)n3)nc2c1. The third-order valence-electron chi connectivity index (χ3n) is 3.20. The van der Waals surface area contributed by atoms with E-state index in [4.69, 9.17) is 10.2 Å². The standard InChI is InChI=1S/C15H17N3OS/c1-15(2,3)9-4-5-12-10(6-9)18-14(19-12)11-8-20-13(7-16)17-11/h4-6,8H,7,16H2,1-3H3. The van der Waals surface area contributed by atoms with Gasteiger partial charge in [-0.25, -0.2) is 9.97 Å². The summed E-state index contributed by atoms with van der Waals surface area (Å²) in [5, 5.41) is 2.81. The Morgan fingerprint density at radius 1 is 1.25 bits per heavy atom. The highest BCUT2D eigenvalue weighted by Gasteiger charge is 2.17. The number of hydrogen-bond acceptors (Lipinski definition) is 5. The predicted octanol–water partition coefficient (Wildman–Crippen LogP) is 3.71. The van der Waals surface area contributed by atoms with Gasteiger partial charge in [0, 0.05) is 11.9 Å². The highest BCUT2D eigenvalue weighted by molar-refractivity contribution is 7.09. The fourth-order valence-electron chi connectivity index (χ4n) is 2.01. The number of benzene rings is 1. The van der Waals surface area contributed by atoms with Crippen LogP contribution < -0.4 is 5.73 Å². The first-order chi connectivity index (χ1) is 9.47. The number of nitrogens with two attached hydrogens (primary N) is 1. The largest absolute Gasteiger partial charge is 0.435 e. The fourth-order valence-corrected chi connectivity index (χ4v) is 2.65. The molecular weight excluding hydrogens is 270 g/mol. The third-order valence-corrected chi connectivity index (χ3v) is 4.07. The molecule has 0 radical (unpaired) electrons. The van der Waals surface area contributed by atoms with Crippen LogP contribution in [0.2, 0.25) is 0 Å². The van der Waals surface area contributed by atoms with Gasteiger partial charge in [0.2, 0.25) is 5.89 Å². The first kappa shape index (κ1) is 13.3. The molecule has 0 bridgehead atoms. The Morgan fingerprint density at radius 3 is 2.70 bits per heavy atom. The number of nitrogens with zero attached hydrogens (tertiary/aromatic N) is 2. The molecule has 104 valence electrons. The quantitative estimate of drug-likeness (QED) is 0.780. The van der Waals surface area contributed by atoms with Crippen LogP contribution in [0.15, 0.2) is 28.0 Å². The predicted molar refractivity (Wildman–Crippen MR) is 81.7 cm³/mol. The first-order valence-corrected chi connectivity index (χ1v) is 7.41. The second kappa shape index (κ2) is 4.68. The number of thiazole rings is 1. The Hall–Kier alpha value is -1.72. The van der Waals surface area contributed by atoms with Gasteiger partial charge in [-0.05, 0) is 23.1 Å². The van der Waals surface area contributed by atoms with Crippen molar-refractivity contribution in [1.82, 2.24) is 9.97 Å². The van der Waals surface area contributed by atoms with Crippen molar-refractivity contribution in [2.45, 2.75) is 32.7 Å². The summed E-state index contributed by atoms with van der Waals surface area (Å²) in [4.78, 5) is 8.94. The molecule has 1 aromatic carbocycles. The van der Waals surface area contributed by atoms with Gasteiger partial charge in [0.1, 0.15) is 16.2 Å². The van der Waals surface area contributed by atoms with Crippen molar-refractivity contribution >= 4 is 22.4 Å². The Bertz CT molecular complexity index is 752. The summed E-state index contributed by atoms with van der Waals surface area (Å²) >= 11 is 1.53. The topological polar surface area (TPSA) is 64.9 Å². The zero-order valence-electron chi connectivity index (χ0n) is 11.8. The molecule has 0 aliphatic rings. The van der Waals surface area contributed by atoms with E-state index in [-0.39, 0.29) is 5.41 Å². The molecule has 0 aliphatic carbocycles. The molecule has 0 saturated heterocycles. The maximum Gasteiger partial charge on any atom is 0.247 e. The average Bonchev–Trinajstić information content (AvgIpc) is 3.02. The summed E-state index contributed by atoms with van der Waals surface area (Å²) in [5.74, 6) is 0.557. The Kier molecular flexibility index (Phi) is 3.11. The maximum absolute atomic E-state index is 5.77. The Morgan fingerprint density at radius 2 is 2.05 bits per heavy atom. The van der Waals surface area contributed by atoms with Gasteiger partial charge < -0.3 is 10.2 Å². The molecular formula is C15H17N3OS. The van der Waals surface area contributed by atoms with Crippen LogP contribution in [0, 0.1) is 0 Å². The molecule has 3 aromatic rings. The van der Waals surface area contributed by atoms with Gasteiger partial charge in [0.25, 0.3) is 0 Å². The molecule has 3 rings (SSSR count). The van der Waals surface area contributed by atoms with E-state index in [2.05, 4.69) is 42.9 Å². The molecule has 4 nitrogen and oxygen atoms in total. The number of aromatic nitrogens is 2. The molecule has 2 aromatic heterocycles. The van der Waals surface area contributed by atoms with Crippen LogP contribution in [0.3, 0.4) is 0 Å². The zero-order valence-corrected chi connectivity index (χ0v) is 12.6. The van der Waals surface area contributed by atoms with Crippen molar-refractivity contribution in [3.63, 3.8) is 0 Å². The number of fused-ring (bicyclic) bond motifs is 1. The van der Waals surface area contributed by atoms with E-state index in [0.29, 0.717) is 12.4 Å². The van der Waals surface area contributed by atoms with E-state index >= 15 is 0 Å². The maximum atomic E-state index is 5.77. The summed E-state index contributed by atoms with van der Waals surface area (Å²) in [6.45, 7) is 6.99. The van der Waals surface area contributed by atoms with Gasteiger partial charge in [-0.15, -0.1) is 11.3 Å². The smallest absolute Gasteiger partial charge is 0.247 e. The lowest BCUT2D eigenvalue weighted by Crippen LogP contribution is -2.10. The first-order valence-electron chi connectivity index (χ1n) is 6.53. The van der Waals surface area contributed by atoms with Crippen LogP contribution in [-0.2, 0) is 12.0 Å². The molecule has 0 fully saturated rings. The summed E-state index contributed by atoms with van der Waals surface area (Å²) in [5.41, 5.74) is 9.33. The molecule has 5 heteroatoms. The van der Waals surface area contributed by atoms with E-state index < -0.39 is 0 Å². The van der Waals surface area contributed by atoms with E-state index in [0.717, 1.165) is 21.8 Å². The van der Waals surface area contributed by atoms with Crippen LogP contribution in [-0.4, -0.2) is 9.97 Å². The molecule has 2 heterocycles. The number of oxazole rings is 1. The summed E-state index contributed by atoms with van der Waals surface area (Å²) in [6, 6.07) is 6.14. The normalized spacial score (nSPS) is 12.2. The van der Waals surface area contributed by atoms with E-state index in [1.54, 1.807) is 0 Å². The summed E-state index contributed by atoms with van der Waals surface area (Å²) in [6.07, 6.45) is 0. The summed E-state index contributed by atoms with van der Waals surface area (Å²) < 4.78 is 5.77. The third kappa shape index (κ3) is 2.34. The Balaban J connectivity index is 2.06. The van der Waals surface area contributed by atoms with E-state index in [1.165, 1.54) is 16.9 Å². The molecule has 0 aliphatic heterocycles. The van der Waals surface area contributed by atoms with Crippen molar-refractivity contribution in [3.05, 3.63) is 34.2 Å². The van der Waals surface area contributed by atoms with Crippen molar-refractivity contribution < 1.29 is 4.42 Å². The van der Waals surface area contributed by atoms with Crippen LogP contribution >= 0.6 is 11.3 Å².